The quantitative estimate of drug-likeness (QED) is 0.852. The van der Waals surface area contributed by atoms with Crippen LogP contribution < -0.4 is 0 Å². The molecule has 0 spiro atoms. The molecular weight excluding hydrogens is 300 g/mol. The molecule has 2 heterocycles. The van der Waals surface area contributed by atoms with Crippen LogP contribution in [0, 0.1) is 17.6 Å². The van der Waals surface area contributed by atoms with Gasteiger partial charge >= 0.3 is 0 Å². The second kappa shape index (κ2) is 6.94. The summed E-state index contributed by atoms with van der Waals surface area (Å²) < 4.78 is 31.6. The molecule has 1 aliphatic heterocycles. The lowest BCUT2D eigenvalue weighted by Crippen LogP contribution is -2.39. The molecule has 1 aliphatic rings. The summed E-state index contributed by atoms with van der Waals surface area (Å²) in [5.74, 6) is -0.728. The molecule has 1 fully saturated rings. The third-order valence-corrected chi connectivity index (χ3v) is 4.41. The Morgan fingerprint density at radius 3 is 2.91 bits per heavy atom. The van der Waals surface area contributed by atoms with Crippen molar-refractivity contribution < 1.29 is 18.0 Å². The molecule has 3 nitrogen and oxygen atoms in total. The fraction of sp³-hybridized carbons (Fsp3) is 0.389. The Morgan fingerprint density at radius 1 is 1.30 bits per heavy atom. The maximum absolute atomic E-state index is 13.7. The number of hydrogen-bond donors (Lipinski definition) is 0. The van der Waals surface area contributed by atoms with Crippen LogP contribution >= 0.6 is 0 Å². The Bertz CT molecular complexity index is 670. The smallest absolute Gasteiger partial charge is 0.257 e. The lowest BCUT2D eigenvalue weighted by molar-refractivity contribution is 0.0667. The van der Waals surface area contributed by atoms with Gasteiger partial charge in [-0.05, 0) is 49.3 Å². The van der Waals surface area contributed by atoms with Crippen molar-refractivity contribution in [2.75, 3.05) is 13.1 Å². The van der Waals surface area contributed by atoms with Crippen LogP contribution in [-0.4, -0.2) is 23.9 Å². The van der Waals surface area contributed by atoms with E-state index in [4.69, 9.17) is 4.42 Å². The number of piperidine rings is 1. The zero-order valence-corrected chi connectivity index (χ0v) is 12.8. The monoisotopic (exact) mass is 319 g/mol. The average Bonchev–Trinajstić information content (AvgIpc) is 3.08. The number of hydrogen-bond acceptors (Lipinski definition) is 2. The van der Waals surface area contributed by atoms with E-state index in [9.17, 15) is 13.6 Å². The Kier molecular flexibility index (Phi) is 4.74. The largest absolute Gasteiger partial charge is 0.472 e. The summed E-state index contributed by atoms with van der Waals surface area (Å²) in [4.78, 5) is 14.2. The number of carbonyl (C=O) groups is 1. The molecule has 0 radical (unpaired) electrons. The first-order valence-electron chi connectivity index (χ1n) is 7.89. The fourth-order valence-corrected chi connectivity index (χ4v) is 3.14. The van der Waals surface area contributed by atoms with Crippen LogP contribution in [0.15, 0.2) is 41.2 Å². The third kappa shape index (κ3) is 3.78. The molecule has 1 aromatic carbocycles. The SMILES string of the molecule is O=C(c1ccoc1)N1CCCC(CCc2ccc(F)cc2F)C1. The first-order valence-corrected chi connectivity index (χ1v) is 7.89. The molecule has 122 valence electrons. The van der Waals surface area contributed by atoms with Gasteiger partial charge in [-0.25, -0.2) is 8.78 Å². The van der Waals surface area contributed by atoms with Crippen LogP contribution in [0.1, 0.15) is 35.2 Å². The highest BCUT2D eigenvalue weighted by atomic mass is 19.1. The summed E-state index contributed by atoms with van der Waals surface area (Å²) in [6, 6.07) is 5.38. The van der Waals surface area contributed by atoms with Crippen LogP contribution in [0.3, 0.4) is 0 Å². The number of carbonyl (C=O) groups excluding carboxylic acids is 1. The number of benzene rings is 1. The van der Waals surface area contributed by atoms with Gasteiger partial charge in [-0.2, -0.15) is 0 Å². The van der Waals surface area contributed by atoms with Crippen LogP contribution in [0.25, 0.3) is 0 Å². The fourth-order valence-electron chi connectivity index (χ4n) is 3.14. The van der Waals surface area contributed by atoms with E-state index in [2.05, 4.69) is 0 Å². The highest BCUT2D eigenvalue weighted by molar-refractivity contribution is 5.93. The summed E-state index contributed by atoms with van der Waals surface area (Å²) >= 11 is 0. The minimum absolute atomic E-state index is 0.0172. The Morgan fingerprint density at radius 2 is 2.17 bits per heavy atom. The average molecular weight is 319 g/mol. The molecule has 1 aromatic heterocycles. The molecule has 1 atom stereocenters. The van der Waals surface area contributed by atoms with E-state index in [0.29, 0.717) is 30.0 Å². The lowest BCUT2D eigenvalue weighted by atomic mass is 9.91. The normalized spacial score (nSPS) is 18.2. The number of rotatable bonds is 4. The van der Waals surface area contributed by atoms with E-state index in [1.54, 1.807) is 6.07 Å². The van der Waals surface area contributed by atoms with Gasteiger partial charge in [-0.15, -0.1) is 0 Å². The van der Waals surface area contributed by atoms with E-state index in [0.717, 1.165) is 31.9 Å². The molecular formula is C18H19F2NO2. The minimum atomic E-state index is -0.555. The summed E-state index contributed by atoms with van der Waals surface area (Å²) in [6.45, 7) is 1.41. The molecule has 0 bridgehead atoms. The van der Waals surface area contributed by atoms with Crippen LogP contribution in [0.5, 0.6) is 0 Å². The van der Waals surface area contributed by atoms with Gasteiger partial charge in [0, 0.05) is 19.2 Å². The van der Waals surface area contributed by atoms with Crippen LogP contribution in [0.2, 0.25) is 0 Å². The van der Waals surface area contributed by atoms with Gasteiger partial charge < -0.3 is 9.32 Å². The molecule has 0 saturated carbocycles. The maximum atomic E-state index is 13.7. The van der Waals surface area contributed by atoms with Crippen molar-refractivity contribution in [1.29, 1.82) is 0 Å². The Labute approximate surface area is 133 Å². The van der Waals surface area contributed by atoms with Gasteiger partial charge in [0.05, 0.1) is 11.8 Å². The molecule has 5 heteroatoms. The number of likely N-dealkylation sites (tertiary alicyclic amines) is 1. The summed E-state index contributed by atoms with van der Waals surface area (Å²) in [6.07, 6.45) is 6.27. The highest BCUT2D eigenvalue weighted by Gasteiger charge is 2.25. The van der Waals surface area contributed by atoms with Crippen molar-refractivity contribution in [1.82, 2.24) is 4.90 Å². The first kappa shape index (κ1) is 15.7. The Hall–Kier alpha value is -2.17. The van der Waals surface area contributed by atoms with E-state index >= 15 is 0 Å². The van der Waals surface area contributed by atoms with Crippen LogP contribution in [0.4, 0.5) is 8.78 Å². The molecule has 1 saturated heterocycles. The maximum Gasteiger partial charge on any atom is 0.257 e. The van der Waals surface area contributed by atoms with Gasteiger partial charge in [-0.1, -0.05) is 6.07 Å². The zero-order chi connectivity index (χ0) is 16.2. The predicted octanol–water partition coefficient (Wildman–Crippen LogP) is 4.04. The first-order chi connectivity index (χ1) is 11.1. The van der Waals surface area contributed by atoms with E-state index < -0.39 is 11.6 Å². The third-order valence-electron chi connectivity index (χ3n) is 4.41. The zero-order valence-electron chi connectivity index (χ0n) is 12.8. The summed E-state index contributed by atoms with van der Waals surface area (Å²) in [5, 5.41) is 0. The summed E-state index contributed by atoms with van der Waals surface area (Å²) in [7, 11) is 0. The van der Waals surface area contributed by atoms with Gasteiger partial charge in [-0.3, -0.25) is 4.79 Å². The van der Waals surface area contributed by atoms with Crippen molar-refractivity contribution in [3.05, 3.63) is 59.6 Å². The van der Waals surface area contributed by atoms with E-state index in [1.807, 2.05) is 4.90 Å². The van der Waals surface area contributed by atoms with Crippen LogP contribution in [-0.2, 0) is 6.42 Å². The number of halogens is 2. The van der Waals surface area contributed by atoms with Gasteiger partial charge in [0.1, 0.15) is 17.9 Å². The molecule has 1 amide bonds. The number of amides is 1. The minimum Gasteiger partial charge on any atom is -0.472 e. The van der Waals surface area contributed by atoms with E-state index in [-0.39, 0.29) is 5.91 Å². The molecule has 1 unspecified atom stereocenters. The second-order valence-electron chi connectivity index (χ2n) is 6.05. The molecule has 2 aromatic rings. The van der Waals surface area contributed by atoms with Crippen molar-refractivity contribution in [3.8, 4) is 0 Å². The molecule has 0 N–H and O–H groups in total. The van der Waals surface area contributed by atoms with E-state index in [1.165, 1.54) is 24.7 Å². The standard InChI is InChI=1S/C18H19F2NO2/c19-16-6-5-14(17(20)10-16)4-3-13-2-1-8-21(11-13)18(22)15-7-9-23-12-15/h5-7,9-10,12-13H,1-4,8,11H2. The molecule has 0 aliphatic carbocycles. The van der Waals surface area contributed by atoms with Crippen molar-refractivity contribution in [3.63, 3.8) is 0 Å². The van der Waals surface area contributed by atoms with Crippen molar-refractivity contribution >= 4 is 5.91 Å². The van der Waals surface area contributed by atoms with Gasteiger partial charge in [0.2, 0.25) is 0 Å². The highest BCUT2D eigenvalue weighted by Crippen LogP contribution is 2.24. The summed E-state index contributed by atoms with van der Waals surface area (Å²) in [5.41, 5.74) is 1.10. The van der Waals surface area contributed by atoms with Gasteiger partial charge in [0.15, 0.2) is 0 Å². The van der Waals surface area contributed by atoms with Crippen molar-refractivity contribution in [2.45, 2.75) is 25.7 Å². The number of furan rings is 1. The lowest BCUT2D eigenvalue weighted by Gasteiger charge is -2.32. The number of nitrogens with zero attached hydrogens (tertiary/aromatic N) is 1. The van der Waals surface area contributed by atoms with Gasteiger partial charge in [0.25, 0.3) is 5.91 Å². The predicted molar refractivity (Wildman–Crippen MR) is 82.0 cm³/mol. The Balaban J connectivity index is 1.57. The van der Waals surface area contributed by atoms with Crippen molar-refractivity contribution in [2.24, 2.45) is 5.92 Å². The molecule has 3 rings (SSSR count). The second-order valence-corrected chi connectivity index (χ2v) is 6.05. The number of aryl methyl sites for hydroxylation is 1. The topological polar surface area (TPSA) is 33.5 Å². The molecule has 23 heavy (non-hydrogen) atoms.